The van der Waals surface area contributed by atoms with Crippen LogP contribution in [0.25, 0.3) is 0 Å². The minimum absolute atomic E-state index is 0.916. The number of amidine groups is 1. The standard InChI is InChI=1S/C9H11N3/c1-2-5-10-8(4-1)9-11-6-3-7-12-9/h1-2,4-5H,3,6-7H2,(H,11,12). The second kappa shape index (κ2) is 3.34. The molecule has 0 amide bonds. The van der Waals surface area contributed by atoms with Gasteiger partial charge in [0.1, 0.15) is 11.5 Å². The summed E-state index contributed by atoms with van der Waals surface area (Å²) < 4.78 is 0. The van der Waals surface area contributed by atoms with Gasteiger partial charge in [0.25, 0.3) is 0 Å². The van der Waals surface area contributed by atoms with Gasteiger partial charge in [-0.1, -0.05) is 6.07 Å². The molecule has 2 rings (SSSR count). The van der Waals surface area contributed by atoms with E-state index < -0.39 is 0 Å². The van der Waals surface area contributed by atoms with E-state index in [0.29, 0.717) is 0 Å². The van der Waals surface area contributed by atoms with Gasteiger partial charge in [-0.2, -0.15) is 0 Å². The minimum Gasteiger partial charge on any atom is -0.369 e. The van der Waals surface area contributed by atoms with Crippen molar-refractivity contribution in [3.63, 3.8) is 0 Å². The van der Waals surface area contributed by atoms with Gasteiger partial charge in [-0.15, -0.1) is 0 Å². The molecule has 1 N–H and O–H groups in total. The van der Waals surface area contributed by atoms with E-state index in [4.69, 9.17) is 0 Å². The van der Waals surface area contributed by atoms with Crippen LogP contribution in [0, 0.1) is 0 Å². The molecule has 1 aromatic rings. The zero-order valence-corrected chi connectivity index (χ0v) is 6.83. The highest BCUT2D eigenvalue weighted by atomic mass is 15.0. The minimum atomic E-state index is 0.916. The highest BCUT2D eigenvalue weighted by molar-refractivity contribution is 5.97. The molecule has 62 valence electrons. The van der Waals surface area contributed by atoms with Crippen molar-refractivity contribution in [1.29, 1.82) is 0 Å². The molecular weight excluding hydrogens is 150 g/mol. The zero-order valence-electron chi connectivity index (χ0n) is 6.83. The SMILES string of the molecule is c1ccc(C2=NCCCN2)nc1. The van der Waals surface area contributed by atoms with Crippen LogP contribution in [-0.4, -0.2) is 23.9 Å². The van der Waals surface area contributed by atoms with Crippen LogP contribution >= 0.6 is 0 Å². The number of nitrogens with one attached hydrogen (secondary N) is 1. The molecule has 0 aliphatic carbocycles. The zero-order chi connectivity index (χ0) is 8.23. The molecule has 0 radical (unpaired) electrons. The first-order valence-electron chi connectivity index (χ1n) is 4.16. The number of aromatic nitrogens is 1. The van der Waals surface area contributed by atoms with Crippen LogP contribution in [0.3, 0.4) is 0 Å². The molecule has 0 spiro atoms. The topological polar surface area (TPSA) is 37.3 Å². The normalized spacial score (nSPS) is 16.5. The first-order chi connectivity index (χ1) is 5.97. The predicted octanol–water partition coefficient (Wildman–Crippen LogP) is 0.821. The Bertz CT molecular complexity index is 279. The van der Waals surface area contributed by atoms with Gasteiger partial charge in [-0.25, -0.2) is 0 Å². The lowest BCUT2D eigenvalue weighted by molar-refractivity contribution is 0.740. The molecule has 1 aliphatic heterocycles. The number of rotatable bonds is 1. The first kappa shape index (κ1) is 7.28. The van der Waals surface area contributed by atoms with Crippen LogP contribution in [0.2, 0.25) is 0 Å². The lowest BCUT2D eigenvalue weighted by Crippen LogP contribution is -2.30. The van der Waals surface area contributed by atoms with E-state index in [0.717, 1.165) is 31.0 Å². The Labute approximate surface area is 71.6 Å². The van der Waals surface area contributed by atoms with Crippen molar-refractivity contribution >= 4 is 5.84 Å². The third-order valence-electron chi connectivity index (χ3n) is 1.80. The fourth-order valence-electron chi connectivity index (χ4n) is 1.21. The highest BCUT2D eigenvalue weighted by Crippen LogP contribution is 1.98. The summed E-state index contributed by atoms with van der Waals surface area (Å²) in [4.78, 5) is 8.55. The molecule has 1 aromatic heterocycles. The van der Waals surface area contributed by atoms with Crippen LogP contribution in [0.15, 0.2) is 29.4 Å². The molecule has 0 saturated heterocycles. The van der Waals surface area contributed by atoms with Crippen molar-refractivity contribution in [2.75, 3.05) is 13.1 Å². The van der Waals surface area contributed by atoms with E-state index in [1.807, 2.05) is 18.2 Å². The predicted molar refractivity (Wildman–Crippen MR) is 48.3 cm³/mol. The number of hydrogen-bond donors (Lipinski definition) is 1. The summed E-state index contributed by atoms with van der Waals surface area (Å²) in [6, 6.07) is 5.85. The number of nitrogens with zero attached hydrogens (tertiary/aromatic N) is 2. The number of hydrogen-bond acceptors (Lipinski definition) is 3. The molecule has 12 heavy (non-hydrogen) atoms. The summed E-state index contributed by atoms with van der Waals surface area (Å²) in [5, 5.41) is 3.22. The Kier molecular flexibility index (Phi) is 2.03. The van der Waals surface area contributed by atoms with Gasteiger partial charge >= 0.3 is 0 Å². The molecular formula is C9H11N3. The molecule has 0 bridgehead atoms. The summed E-state index contributed by atoms with van der Waals surface area (Å²) in [6.07, 6.45) is 2.91. The van der Waals surface area contributed by atoms with Crippen molar-refractivity contribution in [1.82, 2.24) is 10.3 Å². The van der Waals surface area contributed by atoms with Crippen LogP contribution in [0.1, 0.15) is 12.1 Å². The van der Waals surface area contributed by atoms with Crippen molar-refractivity contribution in [2.24, 2.45) is 4.99 Å². The van der Waals surface area contributed by atoms with Crippen LogP contribution in [0.4, 0.5) is 0 Å². The molecule has 3 heteroatoms. The van der Waals surface area contributed by atoms with Gasteiger partial charge in [0.15, 0.2) is 0 Å². The molecule has 1 aliphatic rings. The smallest absolute Gasteiger partial charge is 0.147 e. The van der Waals surface area contributed by atoms with E-state index in [9.17, 15) is 0 Å². The summed E-state index contributed by atoms with van der Waals surface area (Å²) in [5.41, 5.74) is 0.942. The lowest BCUT2D eigenvalue weighted by Gasteiger charge is -2.13. The third-order valence-corrected chi connectivity index (χ3v) is 1.80. The second-order valence-corrected chi connectivity index (χ2v) is 2.73. The van der Waals surface area contributed by atoms with E-state index in [-0.39, 0.29) is 0 Å². The second-order valence-electron chi connectivity index (χ2n) is 2.73. The Morgan fingerprint density at radius 2 is 2.33 bits per heavy atom. The quantitative estimate of drug-likeness (QED) is 0.662. The maximum absolute atomic E-state index is 4.34. The van der Waals surface area contributed by atoms with Crippen LogP contribution in [-0.2, 0) is 0 Å². The summed E-state index contributed by atoms with van der Waals surface area (Å²) in [5.74, 6) is 0.932. The molecule has 3 nitrogen and oxygen atoms in total. The van der Waals surface area contributed by atoms with Gasteiger partial charge in [0.05, 0.1) is 0 Å². The largest absolute Gasteiger partial charge is 0.369 e. The van der Waals surface area contributed by atoms with Gasteiger partial charge in [-0.3, -0.25) is 9.98 Å². The van der Waals surface area contributed by atoms with Crippen LogP contribution in [0.5, 0.6) is 0 Å². The highest BCUT2D eigenvalue weighted by Gasteiger charge is 2.06. The first-order valence-corrected chi connectivity index (χ1v) is 4.16. The van der Waals surface area contributed by atoms with Crippen molar-refractivity contribution in [3.05, 3.63) is 30.1 Å². The fraction of sp³-hybridized carbons (Fsp3) is 0.333. The van der Waals surface area contributed by atoms with Gasteiger partial charge in [0.2, 0.25) is 0 Å². The molecule has 2 heterocycles. The van der Waals surface area contributed by atoms with E-state index in [2.05, 4.69) is 15.3 Å². The van der Waals surface area contributed by atoms with Crippen LogP contribution < -0.4 is 5.32 Å². The Hall–Kier alpha value is -1.38. The summed E-state index contributed by atoms with van der Waals surface area (Å²) in [7, 11) is 0. The molecule has 0 aromatic carbocycles. The Morgan fingerprint density at radius 3 is 3.00 bits per heavy atom. The summed E-state index contributed by atoms with van der Waals surface area (Å²) >= 11 is 0. The average molecular weight is 161 g/mol. The molecule has 0 saturated carbocycles. The van der Waals surface area contributed by atoms with Crippen molar-refractivity contribution in [2.45, 2.75) is 6.42 Å². The lowest BCUT2D eigenvalue weighted by atomic mass is 10.3. The monoisotopic (exact) mass is 161 g/mol. The van der Waals surface area contributed by atoms with Gasteiger partial charge in [0, 0.05) is 19.3 Å². The Morgan fingerprint density at radius 1 is 1.33 bits per heavy atom. The molecule has 0 fully saturated rings. The van der Waals surface area contributed by atoms with Gasteiger partial charge in [-0.05, 0) is 18.6 Å². The molecule has 0 atom stereocenters. The van der Waals surface area contributed by atoms with Crippen molar-refractivity contribution in [3.8, 4) is 0 Å². The van der Waals surface area contributed by atoms with E-state index >= 15 is 0 Å². The van der Waals surface area contributed by atoms with Gasteiger partial charge < -0.3 is 5.32 Å². The van der Waals surface area contributed by atoms with E-state index in [1.165, 1.54) is 0 Å². The summed E-state index contributed by atoms with van der Waals surface area (Å²) in [6.45, 7) is 1.92. The number of aliphatic imine (C=N–C) groups is 1. The molecule has 0 unspecified atom stereocenters. The number of pyridine rings is 1. The maximum Gasteiger partial charge on any atom is 0.147 e. The van der Waals surface area contributed by atoms with E-state index in [1.54, 1.807) is 6.20 Å². The average Bonchev–Trinajstić information content (AvgIpc) is 2.21. The third kappa shape index (κ3) is 1.44. The maximum atomic E-state index is 4.34. The fourth-order valence-corrected chi connectivity index (χ4v) is 1.21. The Balaban J connectivity index is 2.24. The van der Waals surface area contributed by atoms with Crippen molar-refractivity contribution < 1.29 is 0 Å².